The molecular formula is C16H27Cl2N5O2. The molecular weight excluding hydrogens is 365 g/mol. The molecule has 0 bridgehead atoms. The Balaban J connectivity index is 0.00000113. The summed E-state index contributed by atoms with van der Waals surface area (Å²) in [6, 6.07) is 0.529. The molecule has 0 spiro atoms. The van der Waals surface area contributed by atoms with Crippen LogP contribution in [0.3, 0.4) is 0 Å². The number of fused-ring (bicyclic) bond motifs is 1. The largest absolute Gasteiger partial charge is 0.366 e. The molecule has 1 aromatic rings. The molecule has 0 aromatic carbocycles. The molecule has 2 N–H and O–H groups in total. The van der Waals surface area contributed by atoms with Gasteiger partial charge in [-0.25, -0.2) is 4.98 Å². The van der Waals surface area contributed by atoms with E-state index in [1.165, 1.54) is 25.7 Å². The average molecular weight is 392 g/mol. The molecule has 1 amide bonds. The molecule has 3 heterocycles. The monoisotopic (exact) mass is 391 g/mol. The van der Waals surface area contributed by atoms with Crippen LogP contribution in [0.5, 0.6) is 0 Å². The van der Waals surface area contributed by atoms with Gasteiger partial charge in [0.15, 0.2) is 5.82 Å². The van der Waals surface area contributed by atoms with Crippen LogP contribution in [0.25, 0.3) is 0 Å². The van der Waals surface area contributed by atoms with E-state index in [2.05, 4.69) is 20.5 Å². The summed E-state index contributed by atoms with van der Waals surface area (Å²) < 4.78 is 5.76. The number of nitrogens with one attached hydrogen (secondary N) is 2. The lowest BCUT2D eigenvalue weighted by Gasteiger charge is -2.33. The zero-order valence-electron chi connectivity index (χ0n) is 14.4. The zero-order valence-corrected chi connectivity index (χ0v) is 16.1. The Morgan fingerprint density at radius 1 is 1.28 bits per heavy atom. The van der Waals surface area contributed by atoms with Crippen molar-refractivity contribution in [3.05, 3.63) is 11.6 Å². The quantitative estimate of drug-likeness (QED) is 0.802. The van der Waals surface area contributed by atoms with Crippen LogP contribution >= 0.6 is 24.8 Å². The summed E-state index contributed by atoms with van der Waals surface area (Å²) in [5.74, 6) is 2.33. The van der Waals surface area contributed by atoms with Crippen LogP contribution in [-0.4, -0.2) is 57.8 Å². The second kappa shape index (κ2) is 8.66. The van der Waals surface area contributed by atoms with Gasteiger partial charge in [-0.1, -0.05) is 12.8 Å². The minimum atomic E-state index is -0.221. The van der Waals surface area contributed by atoms with Crippen LogP contribution in [0.2, 0.25) is 0 Å². The van der Waals surface area contributed by atoms with E-state index >= 15 is 0 Å². The lowest BCUT2D eigenvalue weighted by Crippen LogP contribution is -2.50. The van der Waals surface area contributed by atoms with Gasteiger partial charge in [-0.3, -0.25) is 9.89 Å². The first-order valence-corrected chi connectivity index (χ1v) is 8.76. The Hall–Kier alpha value is -0.890. The van der Waals surface area contributed by atoms with Gasteiger partial charge in [0.1, 0.15) is 11.9 Å². The number of amides is 1. The summed E-state index contributed by atoms with van der Waals surface area (Å²) in [5, 5.41) is 10.6. The standard InChI is InChI=1S/C16H25N5O2.2ClH/c1-10-17-15(20-19-10)14-9-21(6-7-23-14)16(22)13-8-11-4-2-3-5-12(11)18-13;;/h11-14,18H,2-9H2,1H3,(H,17,19,20);2*1H. The van der Waals surface area contributed by atoms with Gasteiger partial charge in [-0.15, -0.1) is 24.8 Å². The highest BCUT2D eigenvalue weighted by Crippen LogP contribution is 2.34. The molecule has 1 aliphatic carbocycles. The van der Waals surface area contributed by atoms with E-state index in [0.717, 1.165) is 12.2 Å². The number of morpholine rings is 1. The van der Waals surface area contributed by atoms with E-state index in [9.17, 15) is 4.79 Å². The molecule has 1 saturated carbocycles. The van der Waals surface area contributed by atoms with Crippen LogP contribution in [0, 0.1) is 12.8 Å². The third kappa shape index (κ3) is 4.27. The van der Waals surface area contributed by atoms with Crippen molar-refractivity contribution in [1.29, 1.82) is 0 Å². The van der Waals surface area contributed by atoms with Gasteiger partial charge in [0.05, 0.1) is 19.2 Å². The SMILES string of the molecule is Cc1nc(C2CN(C(=O)C3CC4CCCCC4N3)CCO2)n[nH]1.Cl.Cl. The third-order valence-electron chi connectivity index (χ3n) is 5.44. The summed E-state index contributed by atoms with van der Waals surface area (Å²) in [4.78, 5) is 19.1. The number of H-pyrrole nitrogens is 1. The first kappa shape index (κ1) is 20.4. The van der Waals surface area contributed by atoms with E-state index in [0.29, 0.717) is 37.5 Å². The van der Waals surface area contributed by atoms with E-state index in [1.54, 1.807) is 0 Å². The van der Waals surface area contributed by atoms with Crippen LogP contribution in [-0.2, 0) is 9.53 Å². The normalized spacial score (nSPS) is 31.6. The summed E-state index contributed by atoms with van der Waals surface area (Å²) in [7, 11) is 0. The number of aryl methyl sites for hydroxylation is 1. The number of halogens is 2. The van der Waals surface area contributed by atoms with Crippen molar-refractivity contribution in [1.82, 2.24) is 25.4 Å². The topological polar surface area (TPSA) is 83.1 Å². The number of aromatic nitrogens is 3. The van der Waals surface area contributed by atoms with E-state index in [-0.39, 0.29) is 42.9 Å². The Morgan fingerprint density at radius 3 is 2.80 bits per heavy atom. The predicted octanol–water partition coefficient (Wildman–Crippen LogP) is 1.78. The smallest absolute Gasteiger partial charge is 0.239 e. The van der Waals surface area contributed by atoms with Crippen molar-refractivity contribution in [3.63, 3.8) is 0 Å². The second-order valence-electron chi connectivity index (χ2n) is 7.03. The molecule has 3 aliphatic rings. The van der Waals surface area contributed by atoms with Gasteiger partial charge < -0.3 is 15.0 Å². The van der Waals surface area contributed by atoms with E-state index < -0.39 is 0 Å². The fourth-order valence-electron chi connectivity index (χ4n) is 4.24. The molecule has 142 valence electrons. The lowest BCUT2D eigenvalue weighted by molar-refractivity contribution is -0.141. The molecule has 7 nitrogen and oxygen atoms in total. The number of hydrogen-bond donors (Lipinski definition) is 2. The Bertz CT molecular complexity index is 571. The first-order chi connectivity index (χ1) is 11.2. The maximum Gasteiger partial charge on any atom is 0.239 e. The van der Waals surface area contributed by atoms with E-state index in [1.807, 2.05) is 11.8 Å². The van der Waals surface area contributed by atoms with Crippen molar-refractivity contribution in [2.45, 2.75) is 57.2 Å². The predicted molar refractivity (Wildman–Crippen MR) is 98.2 cm³/mol. The molecule has 2 aliphatic heterocycles. The molecule has 9 heteroatoms. The Morgan fingerprint density at radius 2 is 2.08 bits per heavy atom. The van der Waals surface area contributed by atoms with Crippen LogP contribution in [0.1, 0.15) is 49.9 Å². The fraction of sp³-hybridized carbons (Fsp3) is 0.812. The van der Waals surface area contributed by atoms with Gasteiger partial charge in [-0.2, -0.15) is 5.10 Å². The summed E-state index contributed by atoms with van der Waals surface area (Å²) in [5.41, 5.74) is 0. The highest BCUT2D eigenvalue weighted by atomic mass is 35.5. The van der Waals surface area contributed by atoms with Crippen molar-refractivity contribution >= 4 is 30.7 Å². The van der Waals surface area contributed by atoms with Gasteiger partial charge in [0, 0.05) is 12.6 Å². The Labute approximate surface area is 160 Å². The van der Waals surface area contributed by atoms with Crippen molar-refractivity contribution in [2.24, 2.45) is 5.92 Å². The molecule has 0 radical (unpaired) electrons. The number of hydrogen-bond acceptors (Lipinski definition) is 5. The highest BCUT2D eigenvalue weighted by Gasteiger charge is 2.40. The van der Waals surface area contributed by atoms with Gasteiger partial charge in [0.2, 0.25) is 5.91 Å². The summed E-state index contributed by atoms with van der Waals surface area (Å²) >= 11 is 0. The van der Waals surface area contributed by atoms with Gasteiger partial charge in [0.25, 0.3) is 0 Å². The van der Waals surface area contributed by atoms with E-state index in [4.69, 9.17) is 4.74 Å². The highest BCUT2D eigenvalue weighted by molar-refractivity contribution is 5.85. The zero-order chi connectivity index (χ0) is 15.8. The average Bonchev–Trinajstić information content (AvgIpc) is 3.20. The molecule has 4 rings (SSSR count). The van der Waals surface area contributed by atoms with Gasteiger partial charge in [-0.05, 0) is 32.1 Å². The minimum absolute atomic E-state index is 0. The maximum atomic E-state index is 12.9. The third-order valence-corrected chi connectivity index (χ3v) is 5.44. The maximum absolute atomic E-state index is 12.9. The number of aromatic amines is 1. The van der Waals surface area contributed by atoms with Crippen LogP contribution in [0.4, 0.5) is 0 Å². The first-order valence-electron chi connectivity index (χ1n) is 8.76. The number of carbonyl (C=O) groups is 1. The molecule has 4 atom stereocenters. The number of nitrogens with zero attached hydrogens (tertiary/aromatic N) is 3. The minimum Gasteiger partial charge on any atom is -0.366 e. The number of rotatable bonds is 2. The number of ether oxygens (including phenoxy) is 1. The Kier molecular flexibility index (Phi) is 7.08. The molecule has 3 fully saturated rings. The molecule has 4 unspecified atom stereocenters. The van der Waals surface area contributed by atoms with Gasteiger partial charge >= 0.3 is 0 Å². The van der Waals surface area contributed by atoms with Crippen molar-refractivity contribution < 1.29 is 9.53 Å². The number of carbonyl (C=O) groups excluding carboxylic acids is 1. The van der Waals surface area contributed by atoms with Crippen molar-refractivity contribution in [2.75, 3.05) is 19.7 Å². The fourth-order valence-corrected chi connectivity index (χ4v) is 4.24. The molecule has 25 heavy (non-hydrogen) atoms. The second-order valence-corrected chi connectivity index (χ2v) is 7.03. The van der Waals surface area contributed by atoms with Crippen molar-refractivity contribution in [3.8, 4) is 0 Å². The summed E-state index contributed by atoms with van der Waals surface area (Å²) in [6.07, 6.45) is 5.86. The van der Waals surface area contributed by atoms with Crippen LogP contribution in [0.15, 0.2) is 0 Å². The van der Waals surface area contributed by atoms with Crippen LogP contribution < -0.4 is 5.32 Å². The molecule has 1 aromatic heterocycles. The lowest BCUT2D eigenvalue weighted by atomic mass is 9.85. The summed E-state index contributed by atoms with van der Waals surface area (Å²) in [6.45, 7) is 3.62. The molecule has 2 saturated heterocycles.